The number of carbonyl (C=O) groups excluding carboxylic acids is 4. The fraction of sp³-hybridized carbons (Fsp3) is 0.765. The van der Waals surface area contributed by atoms with Gasteiger partial charge in [-0.25, -0.2) is 0 Å². The maximum Gasteiger partial charge on any atom is 0.303 e. The molecule has 1 heterocycles. The van der Waals surface area contributed by atoms with E-state index in [1.54, 1.807) is 0 Å². The highest BCUT2D eigenvalue weighted by molar-refractivity contribution is 8.00. The molecule has 9 nitrogen and oxygen atoms in total. The molecule has 0 aromatic carbocycles. The Hall–Kier alpha value is -1.81. The summed E-state index contributed by atoms with van der Waals surface area (Å²) in [7, 11) is 0. The molecule has 0 N–H and O–H groups in total. The minimum absolute atomic E-state index is 0.0886. The van der Waals surface area contributed by atoms with Crippen LogP contribution in [-0.2, 0) is 42.9 Å². The van der Waals surface area contributed by atoms with Gasteiger partial charge in [0.1, 0.15) is 18.1 Å². The van der Waals surface area contributed by atoms with Gasteiger partial charge in [-0.15, -0.1) is 11.8 Å². The van der Waals surface area contributed by atoms with Crippen LogP contribution < -0.4 is 0 Å². The van der Waals surface area contributed by atoms with Crippen LogP contribution in [-0.4, -0.2) is 65.6 Å². The van der Waals surface area contributed by atoms with E-state index in [0.29, 0.717) is 0 Å². The molecule has 0 saturated carbocycles. The van der Waals surface area contributed by atoms with E-state index in [1.165, 1.54) is 39.5 Å². The Balaban J connectivity index is 3.27. The molecule has 1 aliphatic heterocycles. The summed E-state index contributed by atoms with van der Waals surface area (Å²) >= 11 is 1.34. The lowest BCUT2D eigenvalue weighted by molar-refractivity contribution is -0.237. The zero-order valence-electron chi connectivity index (χ0n) is 16.3. The average Bonchev–Trinajstić information content (AvgIpc) is 2.49. The van der Waals surface area contributed by atoms with Crippen LogP contribution >= 0.6 is 11.8 Å². The van der Waals surface area contributed by atoms with E-state index in [0.717, 1.165) is 0 Å². The highest BCUT2D eigenvalue weighted by Gasteiger charge is 2.52. The van der Waals surface area contributed by atoms with Crippen LogP contribution in [0.1, 0.15) is 41.5 Å². The van der Waals surface area contributed by atoms with E-state index in [2.05, 4.69) is 0 Å². The normalized spacial score (nSPS) is 27.6. The lowest BCUT2D eigenvalue weighted by Crippen LogP contribution is -2.61. The van der Waals surface area contributed by atoms with Gasteiger partial charge in [0.25, 0.3) is 0 Å². The minimum Gasteiger partial charge on any atom is -0.463 e. The fourth-order valence-electron chi connectivity index (χ4n) is 2.57. The van der Waals surface area contributed by atoms with Crippen molar-refractivity contribution in [2.75, 3.05) is 6.61 Å². The predicted octanol–water partition coefficient (Wildman–Crippen LogP) is 1.21. The molecule has 154 valence electrons. The van der Waals surface area contributed by atoms with Gasteiger partial charge in [-0.2, -0.15) is 0 Å². The topological polar surface area (TPSA) is 114 Å². The average molecular weight is 406 g/mol. The largest absolute Gasteiger partial charge is 0.463 e. The van der Waals surface area contributed by atoms with E-state index in [-0.39, 0.29) is 11.9 Å². The van der Waals surface area contributed by atoms with Crippen molar-refractivity contribution in [3.63, 3.8) is 0 Å². The molecule has 1 fully saturated rings. The lowest BCUT2D eigenvalue weighted by Gasteiger charge is -2.44. The molecule has 0 spiro atoms. The first kappa shape index (κ1) is 23.2. The van der Waals surface area contributed by atoms with Gasteiger partial charge >= 0.3 is 23.9 Å². The van der Waals surface area contributed by atoms with Gasteiger partial charge in [0, 0.05) is 32.9 Å². The summed E-state index contributed by atoms with van der Waals surface area (Å²) in [5.41, 5.74) is -0.717. The van der Waals surface area contributed by atoms with Crippen molar-refractivity contribution in [3.8, 4) is 0 Å². The predicted molar refractivity (Wildman–Crippen MR) is 94.7 cm³/mol. The van der Waals surface area contributed by atoms with Crippen LogP contribution in [0, 0.1) is 0 Å². The molecular formula is C17H26O9S. The van der Waals surface area contributed by atoms with Crippen molar-refractivity contribution in [1.29, 1.82) is 0 Å². The van der Waals surface area contributed by atoms with Crippen molar-refractivity contribution in [1.82, 2.24) is 0 Å². The second-order valence-electron chi connectivity index (χ2n) is 6.25. The van der Waals surface area contributed by atoms with E-state index in [1.807, 2.05) is 13.8 Å². The maximum absolute atomic E-state index is 11.6. The van der Waals surface area contributed by atoms with Crippen LogP contribution in [0.25, 0.3) is 0 Å². The van der Waals surface area contributed by atoms with Gasteiger partial charge in [0.05, 0.1) is 0 Å². The molecule has 2 unspecified atom stereocenters. The summed E-state index contributed by atoms with van der Waals surface area (Å²) in [5, 5.41) is 0.0886. The first-order valence-corrected chi connectivity index (χ1v) is 9.41. The fourth-order valence-corrected chi connectivity index (χ4v) is 3.68. The quantitative estimate of drug-likeness (QED) is 0.451. The molecule has 5 atom stereocenters. The number of esters is 4. The van der Waals surface area contributed by atoms with Crippen LogP contribution in [0.3, 0.4) is 0 Å². The summed E-state index contributed by atoms with van der Waals surface area (Å²) in [6.07, 6.45) is -4.12. The maximum atomic E-state index is 11.6. The monoisotopic (exact) mass is 406 g/mol. The molecule has 0 aromatic rings. The van der Waals surface area contributed by atoms with E-state index >= 15 is 0 Å². The Morgan fingerprint density at radius 3 is 1.74 bits per heavy atom. The van der Waals surface area contributed by atoms with Gasteiger partial charge in [-0.05, 0) is 0 Å². The highest BCUT2D eigenvalue weighted by Crippen LogP contribution is 2.35. The molecule has 1 rings (SSSR count). The molecule has 0 bridgehead atoms. The molecule has 1 saturated heterocycles. The number of hydrogen-bond donors (Lipinski definition) is 0. The molecule has 0 radical (unpaired) electrons. The lowest BCUT2D eigenvalue weighted by atomic mass is 9.99. The third kappa shape index (κ3) is 7.76. The molecular weight excluding hydrogens is 380 g/mol. The first-order valence-electron chi connectivity index (χ1n) is 8.47. The van der Waals surface area contributed by atoms with Crippen molar-refractivity contribution in [2.45, 2.75) is 76.6 Å². The van der Waals surface area contributed by atoms with E-state index < -0.39 is 53.7 Å². The van der Waals surface area contributed by atoms with Gasteiger partial charge in [0.15, 0.2) is 18.3 Å². The summed E-state index contributed by atoms with van der Waals surface area (Å²) in [5.74, 6) is -2.43. The third-order valence-electron chi connectivity index (χ3n) is 3.35. The Morgan fingerprint density at radius 1 is 0.815 bits per heavy atom. The summed E-state index contributed by atoms with van der Waals surface area (Å²) in [6, 6.07) is 0. The summed E-state index contributed by atoms with van der Waals surface area (Å²) in [6.45, 7) is 8.44. The summed E-state index contributed by atoms with van der Waals surface area (Å²) < 4.78 is 26.9. The van der Waals surface area contributed by atoms with Gasteiger partial charge in [-0.1, -0.05) is 13.8 Å². The van der Waals surface area contributed by atoms with Crippen molar-refractivity contribution >= 4 is 35.6 Å². The molecule has 10 heteroatoms. The standard InChI is InChI=1S/C17H26O9S/c1-8(2)27-17-16(25-12(6)21)15(24-11(5)20)14(23-10(4)19)13(26-17)7-22-9(3)18/h8,13-17H,7H2,1-6H3/t13?,14-,15-,16?,17-/m0/s1. The van der Waals surface area contributed by atoms with Gasteiger partial charge in [0.2, 0.25) is 0 Å². The number of carbonyl (C=O) groups is 4. The van der Waals surface area contributed by atoms with Crippen LogP contribution in [0.15, 0.2) is 0 Å². The molecule has 0 aliphatic carbocycles. The SMILES string of the molecule is CC(=O)OCC1O[C@@H](SC(C)C)C(OC(C)=O)[C@@H](OC(C)=O)[C@H]1OC(C)=O. The molecule has 27 heavy (non-hydrogen) atoms. The second-order valence-corrected chi connectivity index (χ2v) is 7.93. The van der Waals surface area contributed by atoms with Gasteiger partial charge in [-0.3, -0.25) is 19.2 Å². The van der Waals surface area contributed by atoms with Crippen molar-refractivity contribution in [2.24, 2.45) is 0 Å². The Bertz CT molecular complexity index is 563. The Labute approximate surface area is 162 Å². The van der Waals surface area contributed by atoms with Crippen molar-refractivity contribution < 1.29 is 42.9 Å². The van der Waals surface area contributed by atoms with Gasteiger partial charge < -0.3 is 23.7 Å². The Kier molecular flexibility index (Phi) is 9.04. The van der Waals surface area contributed by atoms with Crippen LogP contribution in [0.2, 0.25) is 0 Å². The minimum atomic E-state index is -1.11. The Morgan fingerprint density at radius 2 is 1.30 bits per heavy atom. The zero-order chi connectivity index (χ0) is 20.7. The summed E-state index contributed by atoms with van der Waals surface area (Å²) in [4.78, 5) is 46.0. The van der Waals surface area contributed by atoms with Crippen molar-refractivity contribution in [3.05, 3.63) is 0 Å². The smallest absolute Gasteiger partial charge is 0.303 e. The molecule has 0 amide bonds. The number of hydrogen-bond acceptors (Lipinski definition) is 10. The van der Waals surface area contributed by atoms with E-state index in [9.17, 15) is 19.2 Å². The second kappa shape index (κ2) is 10.5. The molecule has 0 aromatic heterocycles. The number of rotatable bonds is 7. The number of thioether (sulfide) groups is 1. The van der Waals surface area contributed by atoms with Crippen LogP contribution in [0.4, 0.5) is 0 Å². The highest BCUT2D eigenvalue weighted by atomic mass is 32.2. The number of ether oxygens (including phenoxy) is 5. The zero-order valence-corrected chi connectivity index (χ0v) is 17.1. The van der Waals surface area contributed by atoms with Crippen LogP contribution in [0.5, 0.6) is 0 Å². The van der Waals surface area contributed by atoms with E-state index in [4.69, 9.17) is 23.7 Å². The molecule has 1 aliphatic rings. The third-order valence-corrected chi connectivity index (χ3v) is 4.55. The first-order chi connectivity index (χ1) is 12.5.